The second kappa shape index (κ2) is 5.87. The van der Waals surface area contributed by atoms with Crippen molar-refractivity contribution in [3.63, 3.8) is 0 Å². The first-order valence-electron chi connectivity index (χ1n) is 4.70. The highest BCUT2D eigenvalue weighted by atomic mass is 14.9. The highest BCUT2D eigenvalue weighted by Gasteiger charge is 2.02. The lowest BCUT2D eigenvalue weighted by Gasteiger charge is -2.15. The number of rotatable bonds is 6. The van der Waals surface area contributed by atoms with Crippen LogP contribution in [0.15, 0.2) is 24.4 Å². The number of allylic oxidation sites excluding steroid dienone is 1. The van der Waals surface area contributed by atoms with Crippen molar-refractivity contribution < 1.29 is 0 Å². The minimum absolute atomic E-state index is 0.765. The Labute approximate surface area is 76.6 Å². The fourth-order valence-electron chi connectivity index (χ4n) is 0.996. The van der Waals surface area contributed by atoms with Crippen molar-refractivity contribution in [1.29, 1.82) is 0 Å². The second-order valence-corrected chi connectivity index (χ2v) is 3.32. The summed E-state index contributed by atoms with van der Waals surface area (Å²) < 4.78 is 0. The third-order valence-corrected chi connectivity index (χ3v) is 2.27. The molecule has 0 aliphatic carbocycles. The fraction of sp³-hybridized carbons (Fsp3) is 0.636. The van der Waals surface area contributed by atoms with Crippen LogP contribution in [0.3, 0.4) is 0 Å². The van der Waals surface area contributed by atoms with Gasteiger partial charge in [-0.15, -0.1) is 0 Å². The molecule has 0 aliphatic rings. The van der Waals surface area contributed by atoms with Crippen molar-refractivity contribution in [2.45, 2.75) is 33.6 Å². The summed E-state index contributed by atoms with van der Waals surface area (Å²) in [5.41, 5.74) is 2.00. The normalized spacial score (nSPS) is 10.0. The monoisotopic (exact) mass is 167 g/mol. The third-order valence-electron chi connectivity index (χ3n) is 2.27. The van der Waals surface area contributed by atoms with Gasteiger partial charge in [0.25, 0.3) is 0 Å². The zero-order valence-electron chi connectivity index (χ0n) is 8.61. The summed E-state index contributed by atoms with van der Waals surface area (Å²) in [4.78, 5) is 0. The summed E-state index contributed by atoms with van der Waals surface area (Å²) >= 11 is 0. The first-order chi connectivity index (χ1) is 5.61. The molecule has 0 aliphatic heterocycles. The maximum Gasteiger partial charge on any atom is 0.0290 e. The highest BCUT2D eigenvalue weighted by Crippen LogP contribution is 2.07. The van der Waals surface area contributed by atoms with Crippen molar-refractivity contribution in [3.8, 4) is 0 Å². The van der Waals surface area contributed by atoms with Crippen LogP contribution in [-0.4, -0.2) is 6.54 Å². The van der Waals surface area contributed by atoms with Crippen LogP contribution in [0.2, 0.25) is 0 Å². The van der Waals surface area contributed by atoms with Crippen molar-refractivity contribution in [1.82, 2.24) is 5.32 Å². The Kier molecular flexibility index (Phi) is 5.52. The summed E-state index contributed by atoms with van der Waals surface area (Å²) in [6, 6.07) is 0. The molecule has 0 bridgehead atoms. The summed E-state index contributed by atoms with van der Waals surface area (Å²) in [7, 11) is 0. The molecular formula is C11H21N. The van der Waals surface area contributed by atoms with Crippen molar-refractivity contribution in [3.05, 3.63) is 24.4 Å². The molecule has 0 heterocycles. The van der Waals surface area contributed by atoms with E-state index in [9.17, 15) is 0 Å². The van der Waals surface area contributed by atoms with E-state index in [1.807, 2.05) is 6.92 Å². The topological polar surface area (TPSA) is 12.0 Å². The zero-order valence-corrected chi connectivity index (χ0v) is 8.61. The first kappa shape index (κ1) is 11.3. The minimum Gasteiger partial charge on any atom is -0.385 e. The average molecular weight is 167 g/mol. The Morgan fingerprint density at radius 1 is 1.25 bits per heavy atom. The Morgan fingerprint density at radius 2 is 1.75 bits per heavy atom. The van der Waals surface area contributed by atoms with E-state index in [0.29, 0.717) is 0 Å². The molecule has 0 saturated carbocycles. The molecule has 1 nitrogen and oxygen atoms in total. The molecule has 0 saturated heterocycles. The summed E-state index contributed by atoms with van der Waals surface area (Å²) in [6.45, 7) is 15.2. The molecule has 0 rings (SSSR count). The average Bonchev–Trinajstić information content (AvgIpc) is 2.05. The van der Waals surface area contributed by atoms with Crippen LogP contribution < -0.4 is 5.32 Å². The van der Waals surface area contributed by atoms with E-state index in [1.54, 1.807) is 0 Å². The fourth-order valence-corrected chi connectivity index (χ4v) is 0.996. The van der Waals surface area contributed by atoms with E-state index < -0.39 is 0 Å². The molecule has 0 aromatic heterocycles. The molecular weight excluding hydrogens is 146 g/mol. The molecule has 0 fully saturated rings. The molecule has 12 heavy (non-hydrogen) atoms. The van der Waals surface area contributed by atoms with Crippen LogP contribution >= 0.6 is 0 Å². The van der Waals surface area contributed by atoms with Crippen LogP contribution in [0, 0.1) is 5.92 Å². The van der Waals surface area contributed by atoms with Crippen LogP contribution in [0.25, 0.3) is 0 Å². The molecule has 0 unspecified atom stereocenters. The number of hydrogen-bond acceptors (Lipinski definition) is 1. The Bertz CT molecular complexity index is 154. The maximum absolute atomic E-state index is 3.88. The molecule has 0 amide bonds. The molecule has 0 aromatic rings. The summed E-state index contributed by atoms with van der Waals surface area (Å²) in [6.07, 6.45) is 2.46. The molecule has 0 spiro atoms. The van der Waals surface area contributed by atoms with Crippen LogP contribution in [0.4, 0.5) is 0 Å². The molecule has 0 aromatic carbocycles. The van der Waals surface area contributed by atoms with E-state index in [-0.39, 0.29) is 0 Å². The van der Waals surface area contributed by atoms with Crippen LogP contribution in [-0.2, 0) is 0 Å². The predicted molar refractivity (Wildman–Crippen MR) is 56.0 cm³/mol. The second-order valence-electron chi connectivity index (χ2n) is 3.32. The van der Waals surface area contributed by atoms with Crippen LogP contribution in [0.1, 0.15) is 33.6 Å². The molecule has 0 radical (unpaired) electrons. The van der Waals surface area contributed by atoms with Gasteiger partial charge in [-0.05, 0) is 18.4 Å². The van der Waals surface area contributed by atoms with Crippen molar-refractivity contribution in [2.24, 2.45) is 5.92 Å². The molecule has 1 N–H and O–H groups in total. The van der Waals surface area contributed by atoms with Gasteiger partial charge in [-0.25, -0.2) is 0 Å². The quantitative estimate of drug-likeness (QED) is 0.599. The Hall–Kier alpha value is -0.720. The largest absolute Gasteiger partial charge is 0.385 e. The zero-order chi connectivity index (χ0) is 9.56. The highest BCUT2D eigenvalue weighted by molar-refractivity contribution is 5.20. The van der Waals surface area contributed by atoms with Gasteiger partial charge in [0.05, 0.1) is 0 Å². The summed E-state index contributed by atoms with van der Waals surface area (Å²) in [5, 5.41) is 3.29. The van der Waals surface area contributed by atoms with E-state index in [0.717, 1.165) is 23.7 Å². The maximum atomic E-state index is 3.88. The third kappa shape index (κ3) is 4.22. The minimum atomic E-state index is 0.765. The predicted octanol–water partition coefficient (Wildman–Crippen LogP) is 3.10. The van der Waals surface area contributed by atoms with Crippen LogP contribution in [0.5, 0.6) is 0 Å². The van der Waals surface area contributed by atoms with Crippen molar-refractivity contribution in [2.75, 3.05) is 6.54 Å². The van der Waals surface area contributed by atoms with E-state index in [2.05, 4.69) is 32.3 Å². The summed E-state index contributed by atoms with van der Waals surface area (Å²) in [5.74, 6) is 0.765. The van der Waals surface area contributed by atoms with Crippen molar-refractivity contribution >= 4 is 0 Å². The van der Waals surface area contributed by atoms with E-state index >= 15 is 0 Å². The van der Waals surface area contributed by atoms with Gasteiger partial charge in [-0.3, -0.25) is 0 Å². The lowest BCUT2D eigenvalue weighted by molar-refractivity contribution is 0.472. The lowest BCUT2D eigenvalue weighted by Crippen LogP contribution is -2.21. The molecule has 1 heteroatoms. The lowest BCUT2D eigenvalue weighted by atomic mass is 10.0. The SMILES string of the molecule is C=C(C)C(=C)NCC(CC)CC. The smallest absolute Gasteiger partial charge is 0.0290 e. The standard InChI is InChI=1S/C11H21N/c1-6-11(7-2)8-12-10(5)9(3)4/h11-12H,3,5-8H2,1-2,4H3. The van der Waals surface area contributed by atoms with Gasteiger partial charge in [0, 0.05) is 12.2 Å². The Morgan fingerprint density at radius 3 is 2.08 bits per heavy atom. The van der Waals surface area contributed by atoms with Gasteiger partial charge in [-0.1, -0.05) is 39.8 Å². The van der Waals surface area contributed by atoms with Gasteiger partial charge in [0.1, 0.15) is 0 Å². The van der Waals surface area contributed by atoms with Gasteiger partial charge >= 0.3 is 0 Å². The number of nitrogens with one attached hydrogen (secondary N) is 1. The number of hydrogen-bond donors (Lipinski definition) is 1. The van der Waals surface area contributed by atoms with Gasteiger partial charge in [0.15, 0.2) is 0 Å². The molecule has 0 atom stereocenters. The van der Waals surface area contributed by atoms with Gasteiger partial charge in [-0.2, -0.15) is 0 Å². The van der Waals surface area contributed by atoms with Gasteiger partial charge < -0.3 is 5.32 Å². The first-order valence-corrected chi connectivity index (χ1v) is 4.70. The van der Waals surface area contributed by atoms with Gasteiger partial charge in [0.2, 0.25) is 0 Å². The van der Waals surface area contributed by atoms with E-state index in [4.69, 9.17) is 0 Å². The van der Waals surface area contributed by atoms with E-state index in [1.165, 1.54) is 12.8 Å². The Balaban J connectivity index is 3.66. The molecule has 70 valence electrons.